The van der Waals surface area contributed by atoms with Crippen molar-refractivity contribution in [2.45, 2.75) is 89.8 Å². The predicted octanol–water partition coefficient (Wildman–Crippen LogP) is 3.01. The van der Waals surface area contributed by atoms with Crippen molar-refractivity contribution in [2.24, 2.45) is 0 Å². The highest BCUT2D eigenvalue weighted by molar-refractivity contribution is 4.62. The Kier molecular flexibility index (Phi) is 13.2. The summed E-state index contributed by atoms with van der Waals surface area (Å²) in [4.78, 5) is 0. The van der Waals surface area contributed by atoms with Crippen LogP contribution >= 0.6 is 0 Å². The van der Waals surface area contributed by atoms with E-state index in [-0.39, 0.29) is 18.8 Å². The summed E-state index contributed by atoms with van der Waals surface area (Å²) >= 11 is 0. The van der Waals surface area contributed by atoms with E-state index < -0.39 is 0 Å². The van der Waals surface area contributed by atoms with Crippen molar-refractivity contribution in [3.63, 3.8) is 0 Å². The average molecular weight is 260 g/mol. The molecule has 3 N–H and O–H groups in total. The van der Waals surface area contributed by atoms with Gasteiger partial charge in [-0.3, -0.25) is 0 Å². The van der Waals surface area contributed by atoms with Gasteiger partial charge >= 0.3 is 0 Å². The molecule has 0 aromatic carbocycles. The minimum absolute atomic E-state index is 0.136. The normalized spacial score (nSPS) is 14.7. The molecule has 0 saturated heterocycles. The molecule has 0 heterocycles. The van der Waals surface area contributed by atoms with Gasteiger partial charge in [0.1, 0.15) is 0 Å². The Morgan fingerprint density at radius 3 is 1.72 bits per heavy atom. The Morgan fingerprint density at radius 2 is 1.17 bits per heavy atom. The predicted molar refractivity (Wildman–Crippen MR) is 75.6 cm³/mol. The summed E-state index contributed by atoms with van der Waals surface area (Å²) in [5, 5.41) is 28.0. The van der Waals surface area contributed by atoms with Gasteiger partial charge in [-0.25, -0.2) is 0 Å². The van der Waals surface area contributed by atoms with Gasteiger partial charge in [0, 0.05) is 6.61 Å². The molecule has 18 heavy (non-hydrogen) atoms. The second kappa shape index (κ2) is 13.3. The van der Waals surface area contributed by atoms with Crippen LogP contribution in [0.5, 0.6) is 0 Å². The summed E-state index contributed by atoms with van der Waals surface area (Å²) in [7, 11) is 0. The fraction of sp³-hybridized carbons (Fsp3) is 1.00. The van der Waals surface area contributed by atoms with Crippen molar-refractivity contribution in [1.29, 1.82) is 0 Å². The summed E-state index contributed by atoms with van der Waals surface area (Å²) in [5.41, 5.74) is 0. The highest BCUT2D eigenvalue weighted by atomic mass is 16.3. The molecule has 0 aliphatic rings. The lowest BCUT2D eigenvalue weighted by molar-refractivity contribution is 0.0977. The van der Waals surface area contributed by atoms with Gasteiger partial charge in [-0.1, -0.05) is 45.4 Å². The Morgan fingerprint density at radius 1 is 0.667 bits per heavy atom. The topological polar surface area (TPSA) is 60.7 Å². The van der Waals surface area contributed by atoms with Crippen LogP contribution in [0.4, 0.5) is 0 Å². The molecule has 2 atom stereocenters. The minimum Gasteiger partial charge on any atom is -0.396 e. The summed E-state index contributed by atoms with van der Waals surface area (Å²) in [6, 6.07) is 0. The van der Waals surface area contributed by atoms with Gasteiger partial charge in [0.05, 0.1) is 12.2 Å². The van der Waals surface area contributed by atoms with E-state index in [0.717, 1.165) is 12.8 Å². The van der Waals surface area contributed by atoms with Crippen LogP contribution in [0.15, 0.2) is 0 Å². The van der Waals surface area contributed by atoms with E-state index in [4.69, 9.17) is 5.11 Å². The van der Waals surface area contributed by atoms with Crippen LogP contribution in [-0.2, 0) is 0 Å². The van der Waals surface area contributed by atoms with Gasteiger partial charge < -0.3 is 15.3 Å². The zero-order chi connectivity index (χ0) is 13.6. The van der Waals surface area contributed by atoms with Crippen molar-refractivity contribution >= 4 is 0 Å². The molecule has 0 spiro atoms. The average Bonchev–Trinajstić information content (AvgIpc) is 2.38. The number of aliphatic hydroxyl groups excluding tert-OH is 3. The van der Waals surface area contributed by atoms with Crippen molar-refractivity contribution in [3.05, 3.63) is 0 Å². The molecule has 0 rings (SSSR count). The first-order valence-electron chi connectivity index (χ1n) is 7.67. The van der Waals surface area contributed by atoms with Gasteiger partial charge in [0.2, 0.25) is 0 Å². The lowest BCUT2D eigenvalue weighted by Gasteiger charge is -2.13. The molecule has 110 valence electrons. The number of unbranched alkanes of at least 4 members (excludes halogenated alkanes) is 5. The van der Waals surface area contributed by atoms with Crippen molar-refractivity contribution < 1.29 is 15.3 Å². The second-order valence-corrected chi connectivity index (χ2v) is 5.31. The SMILES string of the molecule is CCCCCCCCC(O)CCC(O)CCCO. The Hall–Kier alpha value is -0.120. The molecule has 0 aromatic rings. The molecule has 0 bridgehead atoms. The first kappa shape index (κ1) is 17.9. The number of aliphatic hydroxyl groups is 3. The van der Waals surface area contributed by atoms with Crippen molar-refractivity contribution in [2.75, 3.05) is 6.61 Å². The van der Waals surface area contributed by atoms with Crippen LogP contribution in [0.1, 0.15) is 77.6 Å². The fourth-order valence-electron chi connectivity index (χ4n) is 2.16. The van der Waals surface area contributed by atoms with E-state index in [9.17, 15) is 10.2 Å². The third kappa shape index (κ3) is 12.3. The van der Waals surface area contributed by atoms with E-state index in [1.807, 2.05) is 0 Å². The van der Waals surface area contributed by atoms with Crippen LogP contribution in [0.3, 0.4) is 0 Å². The van der Waals surface area contributed by atoms with Crippen molar-refractivity contribution in [3.8, 4) is 0 Å². The summed E-state index contributed by atoms with van der Waals surface area (Å²) in [5.74, 6) is 0. The lowest BCUT2D eigenvalue weighted by atomic mass is 10.0. The molecular weight excluding hydrogens is 228 g/mol. The number of hydrogen-bond acceptors (Lipinski definition) is 3. The fourth-order valence-corrected chi connectivity index (χ4v) is 2.16. The van der Waals surface area contributed by atoms with Crippen LogP contribution in [-0.4, -0.2) is 34.1 Å². The van der Waals surface area contributed by atoms with Gasteiger partial charge in [0.25, 0.3) is 0 Å². The standard InChI is InChI=1S/C15H32O3/c1-2-3-4-5-6-7-9-14(17)11-12-15(18)10-8-13-16/h14-18H,2-13H2,1H3. The first-order chi connectivity index (χ1) is 8.70. The molecule has 0 aliphatic carbocycles. The van der Waals surface area contributed by atoms with Crippen LogP contribution < -0.4 is 0 Å². The largest absolute Gasteiger partial charge is 0.396 e. The number of rotatable bonds is 13. The third-order valence-corrected chi connectivity index (χ3v) is 3.42. The van der Waals surface area contributed by atoms with Gasteiger partial charge in [0.15, 0.2) is 0 Å². The maximum atomic E-state index is 9.77. The quantitative estimate of drug-likeness (QED) is 0.446. The second-order valence-electron chi connectivity index (χ2n) is 5.31. The Balaban J connectivity index is 3.28. The highest BCUT2D eigenvalue weighted by Gasteiger charge is 2.08. The van der Waals surface area contributed by atoms with E-state index in [2.05, 4.69) is 6.92 Å². The Bertz CT molecular complexity index is 162. The Labute approximate surface area is 112 Å². The maximum Gasteiger partial charge on any atom is 0.0542 e. The summed E-state index contributed by atoms with van der Waals surface area (Å²) in [6.07, 6.45) is 10.3. The number of hydrogen-bond donors (Lipinski definition) is 3. The smallest absolute Gasteiger partial charge is 0.0542 e. The molecule has 0 aromatic heterocycles. The zero-order valence-corrected chi connectivity index (χ0v) is 12.0. The van der Waals surface area contributed by atoms with Crippen LogP contribution in [0.2, 0.25) is 0 Å². The molecule has 0 radical (unpaired) electrons. The lowest BCUT2D eigenvalue weighted by Crippen LogP contribution is -2.13. The molecular formula is C15H32O3. The molecule has 3 nitrogen and oxygen atoms in total. The molecule has 2 unspecified atom stereocenters. The summed E-state index contributed by atoms with van der Waals surface area (Å²) < 4.78 is 0. The molecule has 0 fully saturated rings. The van der Waals surface area contributed by atoms with Crippen LogP contribution in [0.25, 0.3) is 0 Å². The van der Waals surface area contributed by atoms with E-state index >= 15 is 0 Å². The van der Waals surface area contributed by atoms with Crippen LogP contribution in [0, 0.1) is 0 Å². The van der Waals surface area contributed by atoms with E-state index in [1.165, 1.54) is 32.1 Å². The van der Waals surface area contributed by atoms with Gasteiger partial charge in [-0.2, -0.15) is 0 Å². The van der Waals surface area contributed by atoms with Crippen molar-refractivity contribution in [1.82, 2.24) is 0 Å². The zero-order valence-electron chi connectivity index (χ0n) is 12.0. The monoisotopic (exact) mass is 260 g/mol. The summed E-state index contributed by atoms with van der Waals surface area (Å²) in [6.45, 7) is 2.35. The maximum absolute atomic E-state index is 9.77. The van der Waals surface area contributed by atoms with Gasteiger partial charge in [-0.15, -0.1) is 0 Å². The van der Waals surface area contributed by atoms with E-state index in [1.54, 1.807) is 0 Å². The third-order valence-electron chi connectivity index (χ3n) is 3.42. The van der Waals surface area contributed by atoms with E-state index in [0.29, 0.717) is 25.7 Å². The molecule has 0 saturated carbocycles. The first-order valence-corrected chi connectivity index (χ1v) is 7.67. The molecule has 0 aliphatic heterocycles. The highest BCUT2D eigenvalue weighted by Crippen LogP contribution is 2.13. The van der Waals surface area contributed by atoms with Gasteiger partial charge in [-0.05, 0) is 32.1 Å². The molecule has 0 amide bonds. The minimum atomic E-state index is -0.364. The molecule has 3 heteroatoms.